The predicted molar refractivity (Wildman–Crippen MR) is 173 cm³/mol. The van der Waals surface area contributed by atoms with E-state index in [1.165, 1.54) is 43.5 Å². The number of nitrogens with zero attached hydrogens (tertiary/aromatic N) is 3. The number of benzene rings is 1. The highest BCUT2D eigenvalue weighted by molar-refractivity contribution is 6.05. The molecule has 2 saturated carbocycles. The fourth-order valence-corrected chi connectivity index (χ4v) is 6.09. The summed E-state index contributed by atoms with van der Waals surface area (Å²) in [5, 5.41) is 6.22. The van der Waals surface area contributed by atoms with E-state index in [4.69, 9.17) is 4.74 Å². The molecule has 2 aliphatic carbocycles. The summed E-state index contributed by atoms with van der Waals surface area (Å²) in [6.45, 7) is 1.31. The number of carbonyl (C=O) groups excluding carboxylic acids is 2. The number of rotatable bonds is 13. The zero-order valence-corrected chi connectivity index (χ0v) is 27.5. The monoisotopic (exact) mass is 685 g/mol. The minimum Gasteiger partial charge on any atom is -0.475 e. The van der Waals surface area contributed by atoms with Crippen molar-refractivity contribution in [3.05, 3.63) is 69.6 Å². The van der Waals surface area contributed by atoms with Crippen molar-refractivity contribution >= 4 is 17.6 Å². The summed E-state index contributed by atoms with van der Waals surface area (Å²) in [5.41, 5.74) is 0.579. The average molecular weight is 686 g/mol. The molecule has 0 radical (unpaired) electrons. The van der Waals surface area contributed by atoms with Gasteiger partial charge in [-0.2, -0.15) is 13.8 Å². The first-order valence-electron chi connectivity index (χ1n) is 16.5. The molecule has 3 heterocycles. The van der Waals surface area contributed by atoms with Crippen LogP contribution < -0.4 is 25.7 Å². The van der Waals surface area contributed by atoms with Crippen LogP contribution in [0.15, 0.2) is 47.4 Å². The molecule has 3 aliphatic rings. The van der Waals surface area contributed by atoms with Crippen LogP contribution in [0, 0.1) is 5.92 Å². The van der Waals surface area contributed by atoms with Crippen LogP contribution in [0.1, 0.15) is 85.2 Å². The van der Waals surface area contributed by atoms with Crippen molar-refractivity contribution in [3.8, 4) is 22.8 Å². The summed E-state index contributed by atoms with van der Waals surface area (Å²) in [7, 11) is 0. The number of hydrogen-bond acceptors (Lipinski definition) is 7. The van der Waals surface area contributed by atoms with Gasteiger partial charge in [0.2, 0.25) is 5.88 Å². The van der Waals surface area contributed by atoms with E-state index in [1.807, 2.05) is 0 Å². The maximum atomic E-state index is 13.7. The number of alkyl halides is 4. The Morgan fingerprint density at radius 2 is 1.73 bits per heavy atom. The Kier molecular flexibility index (Phi) is 9.70. The summed E-state index contributed by atoms with van der Waals surface area (Å²) < 4.78 is 65.4. The van der Waals surface area contributed by atoms with E-state index >= 15 is 0 Å². The van der Waals surface area contributed by atoms with Crippen molar-refractivity contribution < 1.29 is 36.6 Å². The lowest BCUT2D eigenvalue weighted by molar-refractivity contribution is -0.113. The van der Waals surface area contributed by atoms with Crippen LogP contribution in [0.5, 0.6) is 11.6 Å². The maximum absolute atomic E-state index is 13.7. The second-order valence-electron chi connectivity index (χ2n) is 13.4. The van der Waals surface area contributed by atoms with Gasteiger partial charge >= 0.3 is 6.61 Å². The quantitative estimate of drug-likeness (QED) is 0.204. The zero-order valence-electron chi connectivity index (χ0n) is 27.5. The van der Waals surface area contributed by atoms with Gasteiger partial charge in [-0.1, -0.05) is 6.42 Å². The van der Waals surface area contributed by atoms with Crippen molar-refractivity contribution in [1.29, 1.82) is 0 Å². The number of anilines is 1. The lowest BCUT2D eigenvalue weighted by atomic mass is 9.80. The Labute approximate surface area is 280 Å². The number of carbonyl (C=O) groups is 2. The van der Waals surface area contributed by atoms with Gasteiger partial charge < -0.3 is 29.6 Å². The number of nitrogens with one attached hydrogen (secondary N) is 2. The first-order valence-corrected chi connectivity index (χ1v) is 16.5. The van der Waals surface area contributed by atoms with Crippen molar-refractivity contribution in [2.24, 2.45) is 5.92 Å². The zero-order chi connectivity index (χ0) is 35.0. The molecule has 1 aromatic carbocycles. The summed E-state index contributed by atoms with van der Waals surface area (Å²) in [4.78, 5) is 45.9. The number of ether oxygens (including phenoxy) is 2. The largest absolute Gasteiger partial charge is 0.475 e. The predicted octanol–water partition coefficient (Wildman–Crippen LogP) is 6.26. The molecule has 2 amide bonds. The number of likely N-dealkylation sites (tertiary alicyclic amines) is 1. The van der Waals surface area contributed by atoms with Gasteiger partial charge in [0.25, 0.3) is 23.3 Å². The first-order chi connectivity index (χ1) is 23.3. The molecule has 1 aliphatic heterocycles. The highest BCUT2D eigenvalue weighted by atomic mass is 19.3. The molecule has 3 aromatic rings. The topological polar surface area (TPSA) is 115 Å². The molecular weight excluding hydrogens is 646 g/mol. The fraction of sp³-hybridized carbons (Fsp3) is 0.486. The number of halogens is 4. The number of amides is 2. The smallest absolute Gasteiger partial charge is 0.387 e. The third-order valence-electron chi connectivity index (χ3n) is 9.06. The van der Waals surface area contributed by atoms with E-state index in [2.05, 4.69) is 27.3 Å². The third-order valence-corrected chi connectivity index (χ3v) is 9.06. The van der Waals surface area contributed by atoms with Crippen LogP contribution in [0.3, 0.4) is 0 Å². The van der Waals surface area contributed by atoms with Crippen LogP contribution in [0.2, 0.25) is 0 Å². The minimum atomic E-state index is -3.18. The molecule has 10 nitrogen and oxygen atoms in total. The van der Waals surface area contributed by atoms with Gasteiger partial charge in [0, 0.05) is 30.9 Å². The molecule has 0 bridgehead atoms. The highest BCUT2D eigenvalue weighted by Gasteiger charge is 2.46. The van der Waals surface area contributed by atoms with Gasteiger partial charge in [-0.15, -0.1) is 0 Å². The molecule has 0 spiro atoms. The van der Waals surface area contributed by atoms with Crippen molar-refractivity contribution in [2.45, 2.75) is 90.1 Å². The molecule has 0 unspecified atom stereocenters. The maximum Gasteiger partial charge on any atom is 0.387 e. The average Bonchev–Trinajstić information content (AvgIpc) is 3.83. The Hall–Kier alpha value is -4.46. The van der Waals surface area contributed by atoms with Crippen LogP contribution in [-0.2, 0) is 6.54 Å². The summed E-state index contributed by atoms with van der Waals surface area (Å²) >= 11 is 0. The van der Waals surface area contributed by atoms with E-state index in [0.29, 0.717) is 18.5 Å². The Bertz CT molecular complexity index is 1780. The summed E-state index contributed by atoms with van der Waals surface area (Å²) in [6, 6.07) is 8.44. The molecule has 6 rings (SSSR count). The molecule has 14 heteroatoms. The van der Waals surface area contributed by atoms with Crippen LogP contribution in [0.25, 0.3) is 11.1 Å². The number of pyridine rings is 2. The third kappa shape index (κ3) is 8.06. The number of hydrogen-bond donors (Lipinski definition) is 2. The lowest BCUT2D eigenvalue weighted by Crippen LogP contribution is -2.58. The van der Waals surface area contributed by atoms with Gasteiger partial charge in [0.05, 0.1) is 24.8 Å². The minimum absolute atomic E-state index is 0.0144. The molecule has 49 heavy (non-hydrogen) atoms. The van der Waals surface area contributed by atoms with Gasteiger partial charge in [-0.25, -0.2) is 8.78 Å². The Balaban J connectivity index is 1.33. The van der Waals surface area contributed by atoms with Crippen LogP contribution in [-0.4, -0.2) is 64.0 Å². The van der Waals surface area contributed by atoms with E-state index in [9.17, 15) is 31.9 Å². The molecular formula is C35H39F4N5O5. The summed E-state index contributed by atoms with van der Waals surface area (Å²) in [5.74, 6) is -4.26. The normalized spacial score (nSPS) is 17.8. The van der Waals surface area contributed by atoms with E-state index in [0.717, 1.165) is 29.4 Å². The lowest BCUT2D eigenvalue weighted by Gasteiger charge is -2.39. The van der Waals surface area contributed by atoms with Crippen molar-refractivity contribution in [1.82, 2.24) is 19.8 Å². The van der Waals surface area contributed by atoms with Gasteiger partial charge in [0.1, 0.15) is 17.1 Å². The molecule has 2 aromatic heterocycles. The van der Waals surface area contributed by atoms with Crippen molar-refractivity contribution in [2.75, 3.05) is 18.4 Å². The van der Waals surface area contributed by atoms with E-state index < -0.39 is 43.0 Å². The first kappa shape index (κ1) is 34.4. The van der Waals surface area contributed by atoms with Crippen molar-refractivity contribution in [3.63, 3.8) is 0 Å². The van der Waals surface area contributed by atoms with Gasteiger partial charge in [0.15, 0.2) is 0 Å². The molecule has 3 fully saturated rings. The molecule has 262 valence electrons. The Morgan fingerprint density at radius 1 is 1.00 bits per heavy atom. The van der Waals surface area contributed by atoms with Gasteiger partial charge in [-0.3, -0.25) is 14.4 Å². The molecule has 2 N–H and O–H groups in total. The van der Waals surface area contributed by atoms with Gasteiger partial charge in [-0.05, 0) is 99.4 Å². The number of aromatic nitrogens is 2. The van der Waals surface area contributed by atoms with E-state index in [-0.39, 0.29) is 51.8 Å². The second kappa shape index (κ2) is 13.8. The SMILES string of the molecule is CC(C)Oc1cc(-c2ccc(OC(F)F)cc2C(=O)N2CC(F)(F)C2)cc(NC(=O)c2cc(CN[C@@H](C)C3CCC3)cn(C3CC3)c2=O)n1. The van der Waals surface area contributed by atoms with Crippen LogP contribution >= 0.6 is 0 Å². The fourth-order valence-electron chi connectivity index (χ4n) is 6.09. The molecule has 1 saturated heterocycles. The van der Waals surface area contributed by atoms with Crippen LogP contribution in [0.4, 0.5) is 23.4 Å². The summed E-state index contributed by atoms with van der Waals surface area (Å²) in [6.07, 6.45) is 6.71. The van der Waals surface area contributed by atoms with E-state index in [1.54, 1.807) is 30.7 Å². The highest BCUT2D eigenvalue weighted by Crippen LogP contribution is 2.36. The second-order valence-corrected chi connectivity index (χ2v) is 13.4. The molecule has 1 atom stereocenters. The standard InChI is InChI=1S/C35H39F4N5O5/c1-19(2)48-30-13-23(26-10-9-25(49-34(36)37)14-27(26)32(46)43-17-35(38,39)18-43)12-29(41-30)42-31(45)28-11-21(15-40-20(3)22-5-4-6-22)16-44(33(28)47)24-7-8-24/h9-14,16,19-20,22,24,34,40H,4-8,15,17-18H2,1-3H3,(H,41,42,45)/t20-/m0/s1. The Morgan fingerprint density at radius 3 is 2.35 bits per heavy atom.